The van der Waals surface area contributed by atoms with Gasteiger partial charge in [-0.05, 0) is 77.2 Å². The summed E-state index contributed by atoms with van der Waals surface area (Å²) in [4.78, 5) is 22.2. The number of fused-ring (bicyclic) bond motifs is 1. The third kappa shape index (κ3) is 5.91. The van der Waals surface area contributed by atoms with Crippen LogP contribution in [0.15, 0.2) is 30.3 Å². The number of ether oxygens (including phenoxy) is 2. The molecule has 1 amide bonds. The lowest BCUT2D eigenvalue weighted by Gasteiger charge is -2.22. The van der Waals surface area contributed by atoms with Gasteiger partial charge in [0.1, 0.15) is 0 Å². The molecule has 2 aromatic carbocycles. The fourth-order valence-corrected chi connectivity index (χ4v) is 4.44. The number of benzene rings is 2. The van der Waals surface area contributed by atoms with Gasteiger partial charge in [0.2, 0.25) is 0 Å². The highest BCUT2D eigenvalue weighted by molar-refractivity contribution is 7.22. The molecule has 174 valence electrons. The monoisotopic (exact) mass is 477 g/mol. The summed E-state index contributed by atoms with van der Waals surface area (Å²) in [6, 6.07) is 9.58. The van der Waals surface area contributed by atoms with Crippen LogP contribution in [0.5, 0.6) is 11.5 Å². The Bertz CT molecular complexity index is 1070. The smallest absolute Gasteiger partial charge is 0.260 e. The molecule has 0 spiro atoms. The van der Waals surface area contributed by atoms with Crippen LogP contribution in [-0.4, -0.2) is 56.2 Å². The molecule has 0 N–H and O–H groups in total. The number of likely N-dealkylation sites (N-methyl/N-ethyl adjacent to an activating group) is 1. The number of hydrogen-bond donors (Lipinski definition) is 0. The standard InChI is InChI=1S/C24H31N3O3S.ClH/c1-7-29-20-10-9-18(15-21(20)30-8-2)23(28)27(12-11-26(5)6)24-25-19-14-16(3)13-17(4)22(19)31-24;/h9-10,13-15H,7-8,11-12H2,1-6H3;1H. The Morgan fingerprint density at radius 2 is 1.69 bits per heavy atom. The molecule has 0 bridgehead atoms. The molecule has 0 aliphatic rings. The van der Waals surface area contributed by atoms with Crippen molar-refractivity contribution in [3.8, 4) is 11.5 Å². The summed E-state index contributed by atoms with van der Waals surface area (Å²) in [7, 11) is 4.00. The number of halogens is 1. The molecular formula is C24H32ClN3O3S. The van der Waals surface area contributed by atoms with Crippen molar-refractivity contribution in [3.63, 3.8) is 0 Å². The van der Waals surface area contributed by atoms with Gasteiger partial charge in [0.15, 0.2) is 16.6 Å². The van der Waals surface area contributed by atoms with Crippen molar-refractivity contribution in [3.05, 3.63) is 47.0 Å². The Kier molecular flexibility index (Phi) is 9.31. The summed E-state index contributed by atoms with van der Waals surface area (Å²) >= 11 is 1.56. The molecule has 0 aliphatic carbocycles. The average Bonchev–Trinajstić information content (AvgIpc) is 3.13. The van der Waals surface area contributed by atoms with Gasteiger partial charge in [-0.3, -0.25) is 9.69 Å². The number of amides is 1. The first kappa shape index (κ1) is 25.9. The predicted molar refractivity (Wildman–Crippen MR) is 135 cm³/mol. The van der Waals surface area contributed by atoms with Crippen LogP contribution in [0.3, 0.4) is 0 Å². The van der Waals surface area contributed by atoms with Crippen molar-refractivity contribution in [1.29, 1.82) is 0 Å². The number of carbonyl (C=O) groups excluding carboxylic acids is 1. The largest absolute Gasteiger partial charge is 0.490 e. The minimum Gasteiger partial charge on any atom is -0.490 e. The van der Waals surface area contributed by atoms with Gasteiger partial charge in [0, 0.05) is 18.7 Å². The first-order chi connectivity index (χ1) is 14.8. The minimum atomic E-state index is -0.0979. The second-order valence-corrected chi connectivity index (χ2v) is 8.69. The Balaban J connectivity index is 0.00000363. The van der Waals surface area contributed by atoms with E-state index in [9.17, 15) is 4.79 Å². The second kappa shape index (κ2) is 11.5. The summed E-state index contributed by atoms with van der Waals surface area (Å²) in [5.74, 6) is 1.13. The number of aromatic nitrogens is 1. The minimum absolute atomic E-state index is 0. The number of aryl methyl sites for hydroxylation is 2. The molecule has 8 heteroatoms. The normalized spacial score (nSPS) is 10.8. The quantitative estimate of drug-likeness (QED) is 0.416. The Morgan fingerprint density at radius 1 is 1.00 bits per heavy atom. The van der Waals surface area contributed by atoms with Crippen molar-refractivity contribution in [2.45, 2.75) is 27.7 Å². The molecule has 1 heterocycles. The van der Waals surface area contributed by atoms with Crippen molar-refractivity contribution < 1.29 is 14.3 Å². The maximum atomic E-state index is 13.6. The summed E-state index contributed by atoms with van der Waals surface area (Å²) in [5, 5.41) is 0.711. The van der Waals surface area contributed by atoms with E-state index < -0.39 is 0 Å². The van der Waals surface area contributed by atoms with Crippen LogP contribution >= 0.6 is 23.7 Å². The molecule has 0 saturated carbocycles. The van der Waals surface area contributed by atoms with Gasteiger partial charge in [-0.1, -0.05) is 17.4 Å². The van der Waals surface area contributed by atoms with Gasteiger partial charge >= 0.3 is 0 Å². The first-order valence-electron chi connectivity index (χ1n) is 10.6. The highest BCUT2D eigenvalue weighted by atomic mass is 35.5. The van der Waals surface area contributed by atoms with E-state index in [1.165, 1.54) is 11.1 Å². The fourth-order valence-electron chi connectivity index (χ4n) is 3.40. The van der Waals surface area contributed by atoms with Crippen LogP contribution < -0.4 is 14.4 Å². The van der Waals surface area contributed by atoms with E-state index in [0.717, 1.165) is 16.8 Å². The van der Waals surface area contributed by atoms with Gasteiger partial charge < -0.3 is 14.4 Å². The lowest BCUT2D eigenvalue weighted by Crippen LogP contribution is -2.36. The van der Waals surface area contributed by atoms with Crippen molar-refractivity contribution in [1.82, 2.24) is 9.88 Å². The topological polar surface area (TPSA) is 54.9 Å². The van der Waals surface area contributed by atoms with E-state index in [1.807, 2.05) is 27.9 Å². The lowest BCUT2D eigenvalue weighted by molar-refractivity contribution is 0.0984. The van der Waals surface area contributed by atoms with Gasteiger partial charge in [-0.2, -0.15) is 0 Å². The van der Waals surface area contributed by atoms with Crippen LogP contribution in [0.1, 0.15) is 35.3 Å². The van der Waals surface area contributed by atoms with Crippen molar-refractivity contribution in [2.24, 2.45) is 0 Å². The Morgan fingerprint density at radius 3 is 2.34 bits per heavy atom. The van der Waals surface area contributed by atoms with Crippen LogP contribution in [0.2, 0.25) is 0 Å². The molecule has 0 fully saturated rings. The average molecular weight is 478 g/mol. The Hall–Kier alpha value is -2.35. The van der Waals surface area contributed by atoms with E-state index >= 15 is 0 Å². The summed E-state index contributed by atoms with van der Waals surface area (Å²) in [6.45, 7) is 10.3. The zero-order valence-electron chi connectivity index (χ0n) is 19.6. The molecule has 0 aliphatic heterocycles. The van der Waals surface area contributed by atoms with Crippen LogP contribution in [-0.2, 0) is 0 Å². The maximum absolute atomic E-state index is 13.6. The van der Waals surface area contributed by atoms with Crippen LogP contribution in [0, 0.1) is 13.8 Å². The summed E-state index contributed by atoms with van der Waals surface area (Å²) in [5.41, 5.74) is 3.83. The van der Waals surface area contributed by atoms with Crippen molar-refractivity contribution in [2.75, 3.05) is 45.3 Å². The number of hydrogen-bond acceptors (Lipinski definition) is 6. The van der Waals surface area contributed by atoms with E-state index in [4.69, 9.17) is 14.5 Å². The summed E-state index contributed by atoms with van der Waals surface area (Å²) in [6.07, 6.45) is 0. The van der Waals surface area contributed by atoms with Crippen LogP contribution in [0.4, 0.5) is 5.13 Å². The van der Waals surface area contributed by atoms with E-state index in [0.29, 0.717) is 42.0 Å². The number of anilines is 1. The van der Waals surface area contributed by atoms with Gasteiger partial charge in [0.25, 0.3) is 5.91 Å². The van der Waals surface area contributed by atoms with E-state index in [-0.39, 0.29) is 18.3 Å². The predicted octanol–water partition coefficient (Wildman–Crippen LogP) is 5.34. The molecular weight excluding hydrogens is 446 g/mol. The molecule has 32 heavy (non-hydrogen) atoms. The fraction of sp³-hybridized carbons (Fsp3) is 0.417. The zero-order valence-corrected chi connectivity index (χ0v) is 21.2. The van der Waals surface area contributed by atoms with E-state index in [1.54, 1.807) is 34.4 Å². The maximum Gasteiger partial charge on any atom is 0.260 e. The highest BCUT2D eigenvalue weighted by Crippen LogP contribution is 2.34. The number of nitrogens with zero attached hydrogens (tertiary/aromatic N) is 3. The zero-order chi connectivity index (χ0) is 22.5. The SMILES string of the molecule is CCOc1ccc(C(=O)N(CCN(C)C)c2nc3cc(C)cc(C)c3s2)cc1OCC.Cl. The Labute approximate surface area is 200 Å². The summed E-state index contributed by atoms with van der Waals surface area (Å²) < 4.78 is 12.5. The number of carbonyl (C=O) groups is 1. The van der Waals surface area contributed by atoms with Gasteiger partial charge in [-0.25, -0.2) is 4.98 Å². The molecule has 3 aromatic rings. The molecule has 1 aromatic heterocycles. The van der Waals surface area contributed by atoms with Crippen molar-refractivity contribution >= 4 is 45.0 Å². The van der Waals surface area contributed by atoms with Gasteiger partial charge in [-0.15, -0.1) is 12.4 Å². The molecule has 0 unspecified atom stereocenters. The molecule has 3 rings (SSSR count). The third-order valence-electron chi connectivity index (χ3n) is 4.85. The second-order valence-electron chi connectivity index (χ2n) is 7.71. The molecule has 0 atom stereocenters. The number of rotatable bonds is 9. The third-order valence-corrected chi connectivity index (χ3v) is 6.08. The number of thiazole rings is 1. The first-order valence-corrected chi connectivity index (χ1v) is 11.4. The molecule has 6 nitrogen and oxygen atoms in total. The lowest BCUT2D eigenvalue weighted by atomic mass is 10.1. The van der Waals surface area contributed by atoms with E-state index in [2.05, 4.69) is 30.9 Å². The molecule has 0 saturated heterocycles. The van der Waals surface area contributed by atoms with Crippen LogP contribution in [0.25, 0.3) is 10.2 Å². The van der Waals surface area contributed by atoms with Gasteiger partial charge in [0.05, 0.1) is 23.4 Å². The highest BCUT2D eigenvalue weighted by Gasteiger charge is 2.23. The molecule has 0 radical (unpaired) electrons.